The zero-order chi connectivity index (χ0) is 35.9. The van der Waals surface area contributed by atoms with Gasteiger partial charge in [-0.3, -0.25) is 13.9 Å². The molecule has 0 aromatic heterocycles. The van der Waals surface area contributed by atoms with E-state index in [4.69, 9.17) is 11.6 Å². The number of alkyl halides is 3. The fourth-order valence-corrected chi connectivity index (χ4v) is 7.16. The Kier molecular flexibility index (Phi) is 12.6. The molecule has 0 saturated heterocycles. The Labute approximate surface area is 298 Å². The van der Waals surface area contributed by atoms with Crippen LogP contribution in [0.3, 0.4) is 0 Å². The predicted molar refractivity (Wildman–Crippen MR) is 189 cm³/mol. The van der Waals surface area contributed by atoms with Crippen LogP contribution in [0.2, 0.25) is 5.02 Å². The summed E-state index contributed by atoms with van der Waals surface area (Å²) in [6, 6.07) is 23.2. The summed E-state index contributed by atoms with van der Waals surface area (Å²) in [5.74, 6) is -1.26. The van der Waals surface area contributed by atoms with Crippen LogP contribution in [0.4, 0.5) is 18.9 Å². The van der Waals surface area contributed by atoms with E-state index in [1.54, 1.807) is 55.5 Å². The van der Waals surface area contributed by atoms with Gasteiger partial charge >= 0.3 is 6.18 Å². The second kappa shape index (κ2) is 16.2. The van der Waals surface area contributed by atoms with Crippen LogP contribution in [0.15, 0.2) is 106 Å². The van der Waals surface area contributed by atoms with Crippen LogP contribution in [0, 0.1) is 6.92 Å². The van der Waals surface area contributed by atoms with Crippen LogP contribution < -0.4 is 9.62 Å². The summed E-state index contributed by atoms with van der Waals surface area (Å²) in [5.41, 5.74) is 0.455. The highest BCUT2D eigenvalue weighted by molar-refractivity contribution is 9.10. The minimum absolute atomic E-state index is 0.0900. The van der Waals surface area contributed by atoms with Crippen LogP contribution in [-0.4, -0.2) is 43.8 Å². The van der Waals surface area contributed by atoms with Gasteiger partial charge in [-0.15, -0.1) is 0 Å². The molecule has 7 nitrogen and oxygen atoms in total. The summed E-state index contributed by atoms with van der Waals surface area (Å²) in [4.78, 5) is 29.6. The standard InChI is InChI=1S/C36H36BrClF3N3O4S/c1-4-25(3)42-35(46)33(20-26-9-6-5-7-10-26)43(22-27-11-8-12-28(37)19-27)34(45)23-44(49(47,48)30-16-13-24(2)14-17-30)29-15-18-32(38)31(21-29)36(39,40)41/h5-19,21,25,33H,4,20,22-23H2,1-3H3,(H,42,46)/t25-,33-/m1/s1. The molecule has 4 rings (SSSR count). The van der Waals surface area contributed by atoms with E-state index in [-0.39, 0.29) is 23.9 Å². The maximum Gasteiger partial charge on any atom is 0.417 e. The Morgan fingerprint density at radius 1 is 0.918 bits per heavy atom. The van der Waals surface area contributed by atoms with Gasteiger partial charge in [-0.05, 0) is 73.9 Å². The molecule has 0 unspecified atom stereocenters. The fraction of sp³-hybridized carbons (Fsp3) is 0.278. The number of sulfonamides is 1. The highest BCUT2D eigenvalue weighted by Crippen LogP contribution is 2.38. The molecule has 13 heteroatoms. The Morgan fingerprint density at radius 2 is 1.57 bits per heavy atom. The third-order valence-corrected chi connectivity index (χ3v) is 10.6. The lowest BCUT2D eigenvalue weighted by molar-refractivity contribution is -0.140. The van der Waals surface area contributed by atoms with Crippen LogP contribution in [-0.2, 0) is 38.8 Å². The smallest absolute Gasteiger partial charge is 0.352 e. The maximum atomic E-state index is 14.6. The molecule has 0 spiro atoms. The maximum absolute atomic E-state index is 14.6. The largest absolute Gasteiger partial charge is 0.417 e. The Bertz CT molecular complexity index is 1880. The zero-order valence-electron chi connectivity index (χ0n) is 27.0. The number of hydrogen-bond acceptors (Lipinski definition) is 4. The van der Waals surface area contributed by atoms with Gasteiger partial charge in [0.15, 0.2) is 0 Å². The van der Waals surface area contributed by atoms with Crippen LogP contribution in [0.25, 0.3) is 0 Å². The molecule has 0 heterocycles. The minimum Gasteiger partial charge on any atom is -0.352 e. The summed E-state index contributed by atoms with van der Waals surface area (Å²) >= 11 is 9.32. The molecule has 4 aromatic carbocycles. The number of aryl methyl sites for hydroxylation is 1. The van der Waals surface area contributed by atoms with E-state index in [0.717, 1.165) is 23.3 Å². The van der Waals surface area contributed by atoms with Crippen molar-refractivity contribution in [3.8, 4) is 0 Å². The van der Waals surface area contributed by atoms with Crippen molar-refractivity contribution in [2.24, 2.45) is 0 Å². The molecule has 0 radical (unpaired) electrons. The topological polar surface area (TPSA) is 86.8 Å². The van der Waals surface area contributed by atoms with E-state index in [2.05, 4.69) is 21.2 Å². The monoisotopic (exact) mass is 777 g/mol. The van der Waals surface area contributed by atoms with E-state index in [9.17, 15) is 31.2 Å². The van der Waals surface area contributed by atoms with Gasteiger partial charge in [-0.25, -0.2) is 8.42 Å². The van der Waals surface area contributed by atoms with E-state index in [0.29, 0.717) is 26.8 Å². The second-order valence-corrected chi connectivity index (χ2v) is 14.8. The number of anilines is 1. The van der Waals surface area contributed by atoms with Gasteiger partial charge in [0, 0.05) is 23.5 Å². The molecule has 0 aliphatic rings. The zero-order valence-corrected chi connectivity index (χ0v) is 30.2. The van der Waals surface area contributed by atoms with Crippen LogP contribution in [0.5, 0.6) is 0 Å². The molecular weight excluding hydrogens is 743 g/mol. The summed E-state index contributed by atoms with van der Waals surface area (Å²) in [7, 11) is -4.61. The SMILES string of the molecule is CC[C@@H](C)NC(=O)[C@@H](Cc1ccccc1)N(Cc1cccc(Br)c1)C(=O)CN(c1ccc(Cl)c(C(F)(F)F)c1)S(=O)(=O)c1ccc(C)cc1. The first kappa shape index (κ1) is 37.9. The minimum atomic E-state index is -4.90. The lowest BCUT2D eigenvalue weighted by Gasteiger charge is -2.34. The van der Waals surface area contributed by atoms with Crippen molar-refractivity contribution in [2.45, 2.75) is 63.3 Å². The summed E-state index contributed by atoms with van der Waals surface area (Å²) in [6.45, 7) is 4.47. The number of carbonyl (C=O) groups is 2. The summed E-state index contributed by atoms with van der Waals surface area (Å²) < 4.78 is 71.7. The Balaban J connectivity index is 1.87. The molecule has 1 N–H and O–H groups in total. The number of nitrogens with one attached hydrogen (secondary N) is 1. The lowest BCUT2D eigenvalue weighted by atomic mass is 10.0. The molecule has 0 bridgehead atoms. The first-order valence-electron chi connectivity index (χ1n) is 15.4. The van der Waals surface area contributed by atoms with Crippen molar-refractivity contribution in [1.82, 2.24) is 10.2 Å². The average molecular weight is 779 g/mol. The number of hydrogen-bond donors (Lipinski definition) is 1. The Hall–Kier alpha value is -3.87. The molecule has 4 aromatic rings. The second-order valence-electron chi connectivity index (χ2n) is 11.7. The molecule has 0 fully saturated rings. The molecule has 2 atom stereocenters. The third-order valence-electron chi connectivity index (χ3n) is 7.95. The van der Waals surface area contributed by atoms with Crippen molar-refractivity contribution in [3.05, 3.63) is 129 Å². The van der Waals surface area contributed by atoms with Gasteiger partial charge in [-0.1, -0.05) is 94.6 Å². The molecule has 0 saturated carbocycles. The molecule has 2 amide bonds. The third kappa shape index (κ3) is 9.86. The first-order chi connectivity index (χ1) is 23.1. The van der Waals surface area contributed by atoms with Crippen molar-refractivity contribution >= 4 is 55.1 Å². The highest BCUT2D eigenvalue weighted by atomic mass is 79.9. The Morgan fingerprint density at radius 3 is 2.18 bits per heavy atom. The predicted octanol–water partition coefficient (Wildman–Crippen LogP) is 8.18. The van der Waals surface area contributed by atoms with Crippen molar-refractivity contribution in [1.29, 1.82) is 0 Å². The highest BCUT2D eigenvalue weighted by Gasteiger charge is 2.38. The summed E-state index contributed by atoms with van der Waals surface area (Å²) in [5, 5.41) is 2.32. The van der Waals surface area contributed by atoms with Gasteiger partial charge < -0.3 is 10.2 Å². The number of halogens is 5. The van der Waals surface area contributed by atoms with Gasteiger partial charge in [0.1, 0.15) is 12.6 Å². The molecule has 260 valence electrons. The summed E-state index contributed by atoms with van der Waals surface area (Å²) in [6.07, 6.45) is -4.20. The van der Waals surface area contributed by atoms with Crippen molar-refractivity contribution in [2.75, 3.05) is 10.8 Å². The van der Waals surface area contributed by atoms with Crippen molar-refractivity contribution < 1.29 is 31.2 Å². The molecule has 0 aliphatic heterocycles. The van der Waals surface area contributed by atoms with Crippen LogP contribution >= 0.6 is 27.5 Å². The van der Waals surface area contributed by atoms with E-state index in [1.165, 1.54) is 17.0 Å². The van der Waals surface area contributed by atoms with E-state index < -0.39 is 56.9 Å². The number of carbonyl (C=O) groups excluding carboxylic acids is 2. The van der Waals surface area contributed by atoms with Gasteiger partial charge in [0.2, 0.25) is 11.8 Å². The average Bonchev–Trinajstić information content (AvgIpc) is 3.05. The van der Waals surface area contributed by atoms with Gasteiger partial charge in [0.05, 0.1) is 21.2 Å². The number of amides is 2. The molecule has 0 aliphatic carbocycles. The number of nitrogens with zero attached hydrogens (tertiary/aromatic N) is 2. The molecule has 49 heavy (non-hydrogen) atoms. The van der Waals surface area contributed by atoms with Crippen molar-refractivity contribution in [3.63, 3.8) is 0 Å². The molecular formula is C36H36BrClF3N3O4S. The van der Waals surface area contributed by atoms with Gasteiger partial charge in [0.25, 0.3) is 10.0 Å². The quantitative estimate of drug-likeness (QED) is 0.148. The fourth-order valence-electron chi connectivity index (χ4n) is 5.08. The van der Waals surface area contributed by atoms with E-state index >= 15 is 0 Å². The van der Waals surface area contributed by atoms with Gasteiger partial charge in [-0.2, -0.15) is 13.2 Å². The number of rotatable bonds is 13. The van der Waals surface area contributed by atoms with E-state index in [1.807, 2.05) is 32.0 Å². The number of benzene rings is 4. The normalized spacial score (nSPS) is 13.0. The lowest BCUT2D eigenvalue weighted by Crippen LogP contribution is -2.54. The van der Waals surface area contributed by atoms with Crippen LogP contribution in [0.1, 0.15) is 42.5 Å². The first-order valence-corrected chi connectivity index (χ1v) is 18.1.